The predicted octanol–water partition coefficient (Wildman–Crippen LogP) is 1.98. The van der Waals surface area contributed by atoms with Crippen LogP contribution in [-0.4, -0.2) is 0 Å². The van der Waals surface area contributed by atoms with Gasteiger partial charge in [0.05, 0.1) is 0 Å². The molecule has 0 aliphatic heterocycles. The van der Waals surface area contributed by atoms with Crippen LogP contribution in [0, 0.1) is 5.92 Å². The zero-order valence-corrected chi connectivity index (χ0v) is 5.04. The number of rotatable bonds is 0. The summed E-state index contributed by atoms with van der Waals surface area (Å²) in [6.45, 7) is 0. The zero-order chi connectivity index (χ0) is 4.85. The Labute approximate surface area is 49.0 Å². The number of thiol groups is 1. The van der Waals surface area contributed by atoms with Gasteiger partial charge < -0.3 is 0 Å². The summed E-state index contributed by atoms with van der Waals surface area (Å²) in [5.74, 6) is 0.878. The van der Waals surface area contributed by atoms with Crippen LogP contribution in [0.15, 0.2) is 10.5 Å². The molecule has 1 atom stereocenters. The van der Waals surface area contributed by atoms with Crippen LogP contribution in [0.3, 0.4) is 0 Å². The van der Waals surface area contributed by atoms with E-state index in [1.54, 1.807) is 5.57 Å². The first-order valence-electron chi connectivity index (χ1n) is 2.81. The lowest BCUT2D eigenvalue weighted by atomic mass is 10.3. The van der Waals surface area contributed by atoms with Crippen molar-refractivity contribution in [3.05, 3.63) is 10.5 Å². The Morgan fingerprint density at radius 2 is 2.43 bits per heavy atom. The Bertz CT molecular complexity index is 135. The summed E-state index contributed by atoms with van der Waals surface area (Å²) < 4.78 is 0. The van der Waals surface area contributed by atoms with Crippen LogP contribution in [0.25, 0.3) is 0 Å². The van der Waals surface area contributed by atoms with Gasteiger partial charge in [-0.25, -0.2) is 0 Å². The molecule has 0 bridgehead atoms. The largest absolute Gasteiger partial charge is 0.147 e. The van der Waals surface area contributed by atoms with Gasteiger partial charge in [-0.05, 0) is 24.2 Å². The molecule has 2 rings (SSSR count). The second-order valence-electron chi connectivity index (χ2n) is 2.36. The minimum atomic E-state index is 0.878. The van der Waals surface area contributed by atoms with E-state index in [-0.39, 0.29) is 0 Å². The minimum Gasteiger partial charge on any atom is -0.147 e. The Morgan fingerprint density at radius 3 is 2.71 bits per heavy atom. The molecule has 1 saturated carbocycles. The van der Waals surface area contributed by atoms with Crippen molar-refractivity contribution in [3.63, 3.8) is 0 Å². The van der Waals surface area contributed by atoms with Crippen LogP contribution in [0.5, 0.6) is 0 Å². The number of allylic oxidation sites excluding steroid dienone is 2. The third-order valence-corrected chi connectivity index (χ3v) is 2.53. The summed E-state index contributed by atoms with van der Waals surface area (Å²) in [7, 11) is 0. The molecule has 0 aromatic carbocycles. The lowest BCUT2D eigenvalue weighted by Crippen LogP contribution is -1.68. The van der Waals surface area contributed by atoms with Gasteiger partial charge in [-0.2, -0.15) is 0 Å². The second kappa shape index (κ2) is 1.08. The van der Waals surface area contributed by atoms with Crippen LogP contribution < -0.4 is 0 Å². The lowest BCUT2D eigenvalue weighted by Gasteiger charge is -1.83. The Balaban J connectivity index is 2.23. The fraction of sp³-hybridized carbons (Fsp3) is 0.667. The SMILES string of the molecule is SC1=C2CCCC12. The van der Waals surface area contributed by atoms with Crippen molar-refractivity contribution >= 4 is 12.6 Å². The van der Waals surface area contributed by atoms with Gasteiger partial charge in [0, 0.05) is 5.92 Å². The van der Waals surface area contributed by atoms with E-state index in [9.17, 15) is 0 Å². The fourth-order valence-electron chi connectivity index (χ4n) is 1.42. The average molecular weight is 112 g/mol. The standard InChI is InChI=1S/C6H8S/c7-6-4-2-1-3-5(4)6/h4,7H,1-3H2. The Hall–Kier alpha value is 0.0900. The van der Waals surface area contributed by atoms with E-state index < -0.39 is 0 Å². The van der Waals surface area contributed by atoms with Crippen molar-refractivity contribution in [2.45, 2.75) is 19.3 Å². The zero-order valence-electron chi connectivity index (χ0n) is 4.15. The van der Waals surface area contributed by atoms with E-state index in [0.717, 1.165) is 5.92 Å². The first-order chi connectivity index (χ1) is 3.39. The topological polar surface area (TPSA) is 0 Å². The summed E-state index contributed by atoms with van der Waals surface area (Å²) in [4.78, 5) is 1.41. The molecule has 0 aromatic heterocycles. The molecule has 0 nitrogen and oxygen atoms in total. The van der Waals surface area contributed by atoms with Crippen LogP contribution in [0.2, 0.25) is 0 Å². The van der Waals surface area contributed by atoms with Crippen molar-refractivity contribution in [2.75, 3.05) is 0 Å². The summed E-state index contributed by atoms with van der Waals surface area (Å²) in [6.07, 6.45) is 4.17. The van der Waals surface area contributed by atoms with E-state index in [4.69, 9.17) is 0 Å². The summed E-state index contributed by atoms with van der Waals surface area (Å²) in [6, 6.07) is 0. The molecular weight excluding hydrogens is 104 g/mol. The molecule has 0 heterocycles. The van der Waals surface area contributed by atoms with Crippen molar-refractivity contribution in [2.24, 2.45) is 5.92 Å². The third kappa shape index (κ3) is 0.394. The first kappa shape index (κ1) is 4.02. The molecule has 0 amide bonds. The Kier molecular flexibility index (Phi) is 0.620. The van der Waals surface area contributed by atoms with Gasteiger partial charge in [-0.1, -0.05) is 5.57 Å². The van der Waals surface area contributed by atoms with Gasteiger partial charge in [0.2, 0.25) is 0 Å². The smallest absolute Gasteiger partial charge is 0.0116 e. The number of hydrogen-bond donors (Lipinski definition) is 1. The molecule has 1 unspecified atom stereocenters. The second-order valence-corrected chi connectivity index (χ2v) is 2.84. The number of hydrogen-bond acceptors (Lipinski definition) is 1. The van der Waals surface area contributed by atoms with E-state index in [1.807, 2.05) is 0 Å². The molecule has 1 heteroatoms. The molecule has 0 radical (unpaired) electrons. The van der Waals surface area contributed by atoms with E-state index in [2.05, 4.69) is 12.6 Å². The quantitative estimate of drug-likeness (QED) is 0.455. The molecule has 38 valence electrons. The van der Waals surface area contributed by atoms with Gasteiger partial charge in [0.1, 0.15) is 0 Å². The molecule has 0 saturated heterocycles. The highest BCUT2D eigenvalue weighted by atomic mass is 32.1. The van der Waals surface area contributed by atoms with Crippen LogP contribution >= 0.6 is 12.6 Å². The molecule has 0 aromatic rings. The molecule has 0 N–H and O–H groups in total. The summed E-state index contributed by atoms with van der Waals surface area (Å²) in [5.41, 5.74) is 1.66. The van der Waals surface area contributed by atoms with Gasteiger partial charge >= 0.3 is 0 Å². The van der Waals surface area contributed by atoms with E-state index in [1.165, 1.54) is 24.2 Å². The maximum Gasteiger partial charge on any atom is 0.0116 e. The van der Waals surface area contributed by atoms with Crippen molar-refractivity contribution < 1.29 is 0 Å². The molecule has 1 fully saturated rings. The molecule has 0 spiro atoms. The molecular formula is C6H8S. The highest BCUT2D eigenvalue weighted by Gasteiger charge is 2.37. The van der Waals surface area contributed by atoms with E-state index in [0.29, 0.717) is 0 Å². The van der Waals surface area contributed by atoms with Gasteiger partial charge in [-0.3, -0.25) is 0 Å². The predicted molar refractivity (Wildman–Crippen MR) is 33.4 cm³/mol. The Morgan fingerprint density at radius 1 is 1.57 bits per heavy atom. The molecule has 2 aliphatic carbocycles. The van der Waals surface area contributed by atoms with Crippen molar-refractivity contribution in [1.82, 2.24) is 0 Å². The average Bonchev–Trinajstić information content (AvgIpc) is 2.26. The first-order valence-corrected chi connectivity index (χ1v) is 3.26. The summed E-state index contributed by atoms with van der Waals surface area (Å²) >= 11 is 4.28. The third-order valence-electron chi connectivity index (χ3n) is 1.94. The van der Waals surface area contributed by atoms with Gasteiger partial charge in [-0.15, -0.1) is 12.6 Å². The molecule has 7 heavy (non-hydrogen) atoms. The summed E-state index contributed by atoms with van der Waals surface area (Å²) in [5, 5.41) is 0. The molecule has 2 aliphatic rings. The minimum absolute atomic E-state index is 0.878. The van der Waals surface area contributed by atoms with Gasteiger partial charge in [0.25, 0.3) is 0 Å². The van der Waals surface area contributed by atoms with Crippen LogP contribution in [0.1, 0.15) is 19.3 Å². The lowest BCUT2D eigenvalue weighted by molar-refractivity contribution is 0.801. The maximum absolute atomic E-state index is 4.28. The van der Waals surface area contributed by atoms with Crippen LogP contribution in [-0.2, 0) is 0 Å². The van der Waals surface area contributed by atoms with Crippen molar-refractivity contribution in [3.8, 4) is 0 Å². The fourth-order valence-corrected chi connectivity index (χ4v) is 1.90. The number of fused-ring (bicyclic) bond motifs is 1. The normalized spacial score (nSPS) is 36.4. The highest BCUT2D eigenvalue weighted by molar-refractivity contribution is 7.85. The van der Waals surface area contributed by atoms with E-state index >= 15 is 0 Å². The van der Waals surface area contributed by atoms with Gasteiger partial charge in [0.15, 0.2) is 0 Å². The van der Waals surface area contributed by atoms with Crippen LogP contribution in [0.4, 0.5) is 0 Å². The van der Waals surface area contributed by atoms with Crippen molar-refractivity contribution in [1.29, 1.82) is 0 Å². The highest BCUT2D eigenvalue weighted by Crippen LogP contribution is 2.53. The maximum atomic E-state index is 4.28. The monoisotopic (exact) mass is 112 g/mol.